The highest BCUT2D eigenvalue weighted by Crippen LogP contribution is 2.23. The number of aryl methyl sites for hydroxylation is 1. The fourth-order valence-corrected chi connectivity index (χ4v) is 3.28. The van der Waals surface area contributed by atoms with Crippen molar-refractivity contribution < 1.29 is 14.0 Å². The molecule has 3 aromatic carbocycles. The van der Waals surface area contributed by atoms with Gasteiger partial charge in [-0.05, 0) is 61.0 Å². The van der Waals surface area contributed by atoms with Crippen LogP contribution in [0.25, 0.3) is 16.9 Å². The number of nitrogens with one attached hydrogen (secondary N) is 2. The largest absolute Gasteiger partial charge is 0.329 e. The van der Waals surface area contributed by atoms with Crippen molar-refractivity contribution in [3.63, 3.8) is 0 Å². The molecule has 4 aromatic rings. The number of para-hydroxylation sites is 1. The highest BCUT2D eigenvalue weighted by atomic mass is 35.5. The molecular formula is C25H19ClFN5O2. The maximum atomic E-state index is 13.4. The van der Waals surface area contributed by atoms with Crippen LogP contribution in [0.5, 0.6) is 0 Å². The van der Waals surface area contributed by atoms with Crippen molar-refractivity contribution in [2.24, 2.45) is 5.10 Å². The van der Waals surface area contributed by atoms with E-state index in [1.54, 1.807) is 41.2 Å². The first-order valence-corrected chi connectivity index (χ1v) is 10.6. The molecule has 0 radical (unpaired) electrons. The zero-order valence-corrected chi connectivity index (χ0v) is 18.8. The first-order chi connectivity index (χ1) is 16.4. The second kappa shape index (κ2) is 10.1. The first kappa shape index (κ1) is 22.9. The molecule has 9 heteroatoms. The Bertz CT molecular complexity index is 1370. The predicted molar refractivity (Wildman–Crippen MR) is 130 cm³/mol. The molecule has 0 atom stereocenters. The molecular weight excluding hydrogens is 457 g/mol. The summed E-state index contributed by atoms with van der Waals surface area (Å²) < 4.78 is 15.0. The molecule has 0 saturated heterocycles. The minimum absolute atomic E-state index is 0.366. The SMILES string of the molecule is Cc1ccc(NC(=O)C(=O)N/N=C/c2cn(-c3ccccc3)nc2-c2ccc(F)cc2)cc1Cl. The number of aromatic nitrogens is 2. The van der Waals surface area contributed by atoms with Gasteiger partial charge >= 0.3 is 11.8 Å². The third-order valence-corrected chi connectivity index (χ3v) is 5.29. The van der Waals surface area contributed by atoms with E-state index in [4.69, 9.17) is 11.6 Å². The minimum Gasteiger partial charge on any atom is -0.318 e. The van der Waals surface area contributed by atoms with Crippen LogP contribution in [0.1, 0.15) is 11.1 Å². The lowest BCUT2D eigenvalue weighted by Crippen LogP contribution is -2.32. The second-order valence-corrected chi connectivity index (χ2v) is 7.74. The van der Waals surface area contributed by atoms with Gasteiger partial charge in [0.05, 0.1) is 11.9 Å². The molecule has 0 unspecified atom stereocenters. The van der Waals surface area contributed by atoms with Crippen LogP contribution >= 0.6 is 11.6 Å². The summed E-state index contributed by atoms with van der Waals surface area (Å²) in [4.78, 5) is 24.3. The van der Waals surface area contributed by atoms with Crippen LogP contribution in [-0.2, 0) is 9.59 Å². The minimum atomic E-state index is -0.952. The van der Waals surface area contributed by atoms with Crippen molar-refractivity contribution >= 4 is 35.3 Å². The molecule has 170 valence electrons. The van der Waals surface area contributed by atoms with Gasteiger partial charge in [-0.2, -0.15) is 10.2 Å². The molecule has 0 aliphatic rings. The van der Waals surface area contributed by atoms with Gasteiger partial charge in [0.2, 0.25) is 0 Å². The summed E-state index contributed by atoms with van der Waals surface area (Å²) in [5.74, 6) is -2.21. The van der Waals surface area contributed by atoms with E-state index in [0.717, 1.165) is 11.3 Å². The Kier molecular flexibility index (Phi) is 6.79. The number of hydrogen-bond donors (Lipinski definition) is 2. The van der Waals surface area contributed by atoms with Crippen LogP contribution < -0.4 is 10.7 Å². The van der Waals surface area contributed by atoms with Gasteiger partial charge in [-0.3, -0.25) is 9.59 Å². The smallest absolute Gasteiger partial charge is 0.318 e. The number of amides is 2. The zero-order valence-electron chi connectivity index (χ0n) is 18.0. The van der Waals surface area contributed by atoms with Crippen LogP contribution in [0.15, 0.2) is 84.1 Å². The van der Waals surface area contributed by atoms with E-state index in [1.165, 1.54) is 18.3 Å². The number of rotatable bonds is 5. The van der Waals surface area contributed by atoms with Gasteiger partial charge in [0.1, 0.15) is 11.5 Å². The van der Waals surface area contributed by atoms with Gasteiger partial charge in [-0.15, -0.1) is 0 Å². The predicted octanol–water partition coefficient (Wildman–Crippen LogP) is 4.73. The Morgan fingerprint density at radius 3 is 2.47 bits per heavy atom. The van der Waals surface area contributed by atoms with Gasteiger partial charge in [0, 0.05) is 28.0 Å². The topological polar surface area (TPSA) is 88.4 Å². The van der Waals surface area contributed by atoms with Crippen LogP contribution in [0.3, 0.4) is 0 Å². The van der Waals surface area contributed by atoms with E-state index in [1.807, 2.05) is 37.3 Å². The van der Waals surface area contributed by atoms with E-state index in [9.17, 15) is 14.0 Å². The van der Waals surface area contributed by atoms with E-state index >= 15 is 0 Å². The van der Waals surface area contributed by atoms with E-state index in [2.05, 4.69) is 20.9 Å². The van der Waals surface area contributed by atoms with Gasteiger partial charge < -0.3 is 5.32 Å². The molecule has 0 saturated carbocycles. The van der Waals surface area contributed by atoms with Crippen LogP contribution in [0.4, 0.5) is 10.1 Å². The highest BCUT2D eigenvalue weighted by Gasteiger charge is 2.15. The van der Waals surface area contributed by atoms with Crippen molar-refractivity contribution in [1.82, 2.24) is 15.2 Å². The fourth-order valence-electron chi connectivity index (χ4n) is 3.10. The molecule has 0 aliphatic carbocycles. The number of hydrazone groups is 1. The standard InChI is InChI=1S/C25H19ClFN5O2/c1-16-7-12-20(13-22(16)26)29-24(33)25(34)30-28-14-18-15-32(21-5-3-2-4-6-21)31-23(18)17-8-10-19(27)11-9-17/h2-15H,1H3,(H,29,33)(H,30,34)/b28-14+. The number of anilines is 1. The van der Waals surface area contributed by atoms with Gasteiger partial charge in [0.15, 0.2) is 0 Å². The van der Waals surface area contributed by atoms with Crippen molar-refractivity contribution in [3.8, 4) is 16.9 Å². The van der Waals surface area contributed by atoms with Crippen molar-refractivity contribution in [1.29, 1.82) is 0 Å². The molecule has 0 fully saturated rings. The summed E-state index contributed by atoms with van der Waals surface area (Å²) >= 11 is 6.04. The summed E-state index contributed by atoms with van der Waals surface area (Å²) in [6, 6.07) is 20.2. The van der Waals surface area contributed by atoms with Crippen LogP contribution in [0.2, 0.25) is 5.02 Å². The molecule has 7 nitrogen and oxygen atoms in total. The third kappa shape index (κ3) is 5.36. The second-order valence-electron chi connectivity index (χ2n) is 7.34. The number of carbonyl (C=O) groups is 2. The molecule has 0 spiro atoms. The summed E-state index contributed by atoms with van der Waals surface area (Å²) in [5, 5.41) is 11.4. The molecule has 0 bridgehead atoms. The fraction of sp³-hybridized carbons (Fsp3) is 0.0400. The third-order valence-electron chi connectivity index (χ3n) is 4.89. The number of benzene rings is 3. The number of hydrogen-bond acceptors (Lipinski definition) is 4. The molecule has 2 N–H and O–H groups in total. The molecule has 4 rings (SSSR count). The van der Waals surface area contributed by atoms with Crippen molar-refractivity contribution in [2.45, 2.75) is 6.92 Å². The van der Waals surface area contributed by atoms with Crippen LogP contribution in [0, 0.1) is 12.7 Å². The van der Waals surface area contributed by atoms with Gasteiger partial charge in [0.25, 0.3) is 0 Å². The average Bonchev–Trinajstić information content (AvgIpc) is 3.26. The number of nitrogens with zero attached hydrogens (tertiary/aromatic N) is 3. The average molecular weight is 476 g/mol. The lowest BCUT2D eigenvalue weighted by molar-refractivity contribution is -0.136. The summed E-state index contributed by atoms with van der Waals surface area (Å²) in [6.07, 6.45) is 3.09. The Hall–Kier alpha value is -4.30. The molecule has 34 heavy (non-hydrogen) atoms. The number of carbonyl (C=O) groups excluding carboxylic acids is 2. The Balaban J connectivity index is 1.52. The molecule has 2 amide bonds. The number of halogens is 2. The van der Waals surface area contributed by atoms with Crippen molar-refractivity contribution in [2.75, 3.05) is 5.32 Å². The summed E-state index contributed by atoms with van der Waals surface area (Å²) in [7, 11) is 0. The maximum absolute atomic E-state index is 13.4. The van der Waals surface area contributed by atoms with Crippen molar-refractivity contribution in [3.05, 3.63) is 101 Å². The molecule has 0 aliphatic heterocycles. The van der Waals surface area contributed by atoms with Gasteiger partial charge in [-0.1, -0.05) is 35.9 Å². The Morgan fingerprint density at radius 1 is 1.03 bits per heavy atom. The molecule has 1 aromatic heterocycles. The van der Waals surface area contributed by atoms with E-state index < -0.39 is 11.8 Å². The van der Waals surface area contributed by atoms with Crippen LogP contribution in [-0.4, -0.2) is 27.8 Å². The molecule has 1 heterocycles. The Labute approximate surface area is 199 Å². The highest BCUT2D eigenvalue weighted by molar-refractivity contribution is 6.39. The van der Waals surface area contributed by atoms with E-state index in [0.29, 0.717) is 27.5 Å². The lowest BCUT2D eigenvalue weighted by Gasteiger charge is -2.05. The quantitative estimate of drug-likeness (QED) is 0.248. The first-order valence-electron chi connectivity index (χ1n) is 10.2. The van der Waals surface area contributed by atoms with Gasteiger partial charge in [-0.25, -0.2) is 14.5 Å². The monoisotopic (exact) mass is 475 g/mol. The summed E-state index contributed by atoms with van der Waals surface area (Å²) in [6.45, 7) is 1.83. The normalized spacial score (nSPS) is 10.9. The zero-order chi connectivity index (χ0) is 24.1. The van der Waals surface area contributed by atoms with E-state index in [-0.39, 0.29) is 5.82 Å². The maximum Gasteiger partial charge on any atom is 0.329 e. The Morgan fingerprint density at radius 2 is 1.76 bits per heavy atom. The summed E-state index contributed by atoms with van der Waals surface area (Å²) in [5.41, 5.74) is 6.00. The lowest BCUT2D eigenvalue weighted by atomic mass is 10.1.